The van der Waals surface area contributed by atoms with Crippen molar-refractivity contribution in [3.05, 3.63) is 54.1 Å². The monoisotopic (exact) mass is 390 g/mol. The van der Waals surface area contributed by atoms with Gasteiger partial charge >= 0.3 is 0 Å². The van der Waals surface area contributed by atoms with E-state index in [4.69, 9.17) is 9.47 Å². The van der Waals surface area contributed by atoms with E-state index < -0.39 is 10.0 Å². The van der Waals surface area contributed by atoms with Gasteiger partial charge in [-0.15, -0.1) is 0 Å². The fourth-order valence-electron chi connectivity index (χ4n) is 3.45. The first-order valence-electron chi connectivity index (χ1n) is 9.06. The van der Waals surface area contributed by atoms with Crippen molar-refractivity contribution in [3.63, 3.8) is 0 Å². The summed E-state index contributed by atoms with van der Waals surface area (Å²) in [4.78, 5) is 2.45. The molecule has 2 aromatic carbocycles. The third kappa shape index (κ3) is 4.61. The van der Waals surface area contributed by atoms with Crippen LogP contribution in [-0.4, -0.2) is 47.2 Å². The van der Waals surface area contributed by atoms with E-state index in [0.29, 0.717) is 12.3 Å². The van der Waals surface area contributed by atoms with E-state index in [1.807, 2.05) is 30.3 Å². The molecule has 0 spiro atoms. The van der Waals surface area contributed by atoms with Crippen molar-refractivity contribution in [2.75, 3.05) is 33.9 Å². The zero-order chi connectivity index (χ0) is 19.3. The second-order valence-corrected chi connectivity index (χ2v) is 8.27. The quantitative estimate of drug-likeness (QED) is 0.751. The summed E-state index contributed by atoms with van der Waals surface area (Å²) in [6, 6.07) is 14.7. The molecule has 0 aliphatic carbocycles. The Labute approximate surface area is 161 Å². The molecule has 0 saturated carbocycles. The Bertz CT molecular complexity index is 850. The van der Waals surface area contributed by atoms with Crippen LogP contribution in [0.2, 0.25) is 0 Å². The normalized spacial score (nSPS) is 16.2. The Balaban J connectivity index is 1.82. The molecule has 146 valence electrons. The van der Waals surface area contributed by atoms with Crippen molar-refractivity contribution in [2.45, 2.75) is 23.8 Å². The topological polar surface area (TPSA) is 67.9 Å². The average molecular weight is 391 g/mol. The van der Waals surface area contributed by atoms with Crippen molar-refractivity contribution >= 4 is 10.0 Å². The fraction of sp³-hybridized carbons (Fsp3) is 0.400. The number of nitrogens with zero attached hydrogens (tertiary/aromatic N) is 1. The number of benzene rings is 2. The van der Waals surface area contributed by atoms with E-state index in [1.165, 1.54) is 20.3 Å². The lowest BCUT2D eigenvalue weighted by Crippen LogP contribution is -2.36. The second-order valence-electron chi connectivity index (χ2n) is 6.54. The number of nitrogens with one attached hydrogen (secondary N) is 1. The minimum atomic E-state index is -3.72. The number of ether oxygens (including phenoxy) is 2. The van der Waals surface area contributed by atoms with E-state index in [9.17, 15) is 8.42 Å². The maximum atomic E-state index is 12.9. The molecule has 27 heavy (non-hydrogen) atoms. The van der Waals surface area contributed by atoms with Crippen molar-refractivity contribution < 1.29 is 17.9 Å². The van der Waals surface area contributed by atoms with Gasteiger partial charge in [0.25, 0.3) is 0 Å². The Morgan fingerprint density at radius 1 is 1.04 bits per heavy atom. The van der Waals surface area contributed by atoms with Crippen LogP contribution >= 0.6 is 0 Å². The molecule has 0 amide bonds. The van der Waals surface area contributed by atoms with Crippen molar-refractivity contribution in [3.8, 4) is 11.5 Å². The minimum absolute atomic E-state index is 0.00715. The zero-order valence-corrected chi connectivity index (χ0v) is 16.5. The summed E-state index contributed by atoms with van der Waals surface area (Å²) >= 11 is 0. The maximum Gasteiger partial charge on any atom is 0.244 e. The Morgan fingerprint density at radius 3 is 2.37 bits per heavy atom. The van der Waals surface area contributed by atoms with Gasteiger partial charge in [-0.1, -0.05) is 30.3 Å². The van der Waals surface area contributed by atoms with Crippen LogP contribution in [0.4, 0.5) is 0 Å². The SMILES string of the molecule is COc1ccc(S(=O)(=O)NCC(c2ccccc2)N2CCCC2)c(OC)c1. The highest BCUT2D eigenvalue weighted by molar-refractivity contribution is 7.89. The van der Waals surface area contributed by atoms with E-state index >= 15 is 0 Å². The summed E-state index contributed by atoms with van der Waals surface area (Å²) in [5.41, 5.74) is 1.11. The highest BCUT2D eigenvalue weighted by atomic mass is 32.2. The van der Waals surface area contributed by atoms with Crippen LogP contribution in [0.3, 0.4) is 0 Å². The number of likely N-dealkylation sites (tertiary alicyclic amines) is 1. The highest BCUT2D eigenvalue weighted by Crippen LogP contribution is 2.29. The first-order valence-corrected chi connectivity index (χ1v) is 10.5. The molecule has 0 aromatic heterocycles. The highest BCUT2D eigenvalue weighted by Gasteiger charge is 2.27. The molecule has 1 heterocycles. The standard InChI is InChI=1S/C20H26N2O4S/c1-25-17-10-11-20(19(14-17)26-2)27(23,24)21-15-18(22-12-6-7-13-22)16-8-4-3-5-9-16/h3-5,8-11,14,18,21H,6-7,12-13,15H2,1-2H3. The third-order valence-electron chi connectivity index (χ3n) is 4.89. The van der Waals surface area contributed by atoms with Gasteiger partial charge in [-0.3, -0.25) is 4.90 Å². The summed E-state index contributed by atoms with van der Waals surface area (Å²) in [5, 5.41) is 0. The summed E-state index contributed by atoms with van der Waals surface area (Å²) in [6.45, 7) is 2.27. The van der Waals surface area contributed by atoms with Gasteiger partial charge in [-0.25, -0.2) is 13.1 Å². The van der Waals surface area contributed by atoms with Crippen molar-refractivity contribution in [1.29, 1.82) is 0 Å². The molecule has 0 bridgehead atoms. The molecule has 3 rings (SSSR count). The largest absolute Gasteiger partial charge is 0.497 e. The molecule has 1 unspecified atom stereocenters. The Hall–Kier alpha value is -2.09. The van der Waals surface area contributed by atoms with Crippen LogP contribution in [0, 0.1) is 0 Å². The van der Waals surface area contributed by atoms with Crippen LogP contribution < -0.4 is 14.2 Å². The third-order valence-corrected chi connectivity index (χ3v) is 6.36. The molecule has 1 aliphatic heterocycles. The van der Waals surface area contributed by atoms with E-state index in [1.54, 1.807) is 12.1 Å². The van der Waals surface area contributed by atoms with Gasteiger partial charge in [0.1, 0.15) is 16.4 Å². The van der Waals surface area contributed by atoms with Gasteiger partial charge in [-0.05, 0) is 43.6 Å². The number of rotatable bonds is 8. The fourth-order valence-corrected chi connectivity index (χ4v) is 4.64. The molecule has 1 aliphatic rings. The van der Waals surface area contributed by atoms with Crippen LogP contribution in [-0.2, 0) is 10.0 Å². The summed E-state index contributed by atoms with van der Waals surface area (Å²) in [6.07, 6.45) is 2.28. The van der Waals surface area contributed by atoms with E-state index in [0.717, 1.165) is 31.5 Å². The summed E-state index contributed by atoms with van der Waals surface area (Å²) < 4.78 is 39.0. The lowest BCUT2D eigenvalue weighted by Gasteiger charge is -2.28. The number of sulfonamides is 1. The van der Waals surface area contributed by atoms with Crippen LogP contribution in [0.25, 0.3) is 0 Å². The van der Waals surface area contributed by atoms with Crippen LogP contribution in [0.5, 0.6) is 11.5 Å². The Morgan fingerprint density at radius 2 is 1.74 bits per heavy atom. The molecule has 1 saturated heterocycles. The predicted octanol–water partition coefficient (Wildman–Crippen LogP) is 2.82. The van der Waals surface area contributed by atoms with Gasteiger partial charge in [0.15, 0.2) is 0 Å². The summed E-state index contributed by atoms with van der Waals surface area (Å²) in [7, 11) is -0.739. The minimum Gasteiger partial charge on any atom is -0.497 e. The molecule has 1 atom stereocenters. The van der Waals surface area contributed by atoms with Gasteiger partial charge in [0.2, 0.25) is 10.0 Å². The van der Waals surface area contributed by atoms with E-state index in [2.05, 4.69) is 9.62 Å². The molecule has 6 nitrogen and oxygen atoms in total. The molecular weight excluding hydrogens is 364 g/mol. The molecule has 2 aromatic rings. The second kappa shape index (κ2) is 8.73. The van der Waals surface area contributed by atoms with Gasteiger partial charge in [-0.2, -0.15) is 0 Å². The van der Waals surface area contributed by atoms with Crippen molar-refractivity contribution in [2.24, 2.45) is 0 Å². The lowest BCUT2D eigenvalue weighted by molar-refractivity contribution is 0.246. The molecular formula is C20H26N2O4S. The molecule has 7 heteroatoms. The van der Waals surface area contributed by atoms with Crippen molar-refractivity contribution in [1.82, 2.24) is 9.62 Å². The van der Waals surface area contributed by atoms with Crippen LogP contribution in [0.15, 0.2) is 53.4 Å². The number of hydrogen-bond acceptors (Lipinski definition) is 5. The lowest BCUT2D eigenvalue weighted by atomic mass is 10.1. The number of hydrogen-bond donors (Lipinski definition) is 1. The summed E-state index contributed by atoms with van der Waals surface area (Å²) in [5.74, 6) is 0.810. The first kappa shape index (κ1) is 19.7. The van der Waals surface area contributed by atoms with Gasteiger partial charge in [0, 0.05) is 18.7 Å². The van der Waals surface area contributed by atoms with Gasteiger partial charge < -0.3 is 9.47 Å². The average Bonchev–Trinajstić information content (AvgIpc) is 3.22. The van der Waals surface area contributed by atoms with Crippen LogP contribution in [0.1, 0.15) is 24.4 Å². The van der Waals surface area contributed by atoms with Gasteiger partial charge in [0.05, 0.1) is 14.2 Å². The predicted molar refractivity (Wildman–Crippen MR) is 105 cm³/mol. The van der Waals surface area contributed by atoms with E-state index in [-0.39, 0.29) is 16.7 Å². The molecule has 0 radical (unpaired) electrons. The maximum absolute atomic E-state index is 12.9. The first-order chi connectivity index (χ1) is 13.0. The molecule has 1 fully saturated rings. The smallest absolute Gasteiger partial charge is 0.244 e. The molecule has 1 N–H and O–H groups in total. The zero-order valence-electron chi connectivity index (χ0n) is 15.7. The number of methoxy groups -OCH3 is 2. The Kier molecular flexibility index (Phi) is 6.36.